The molecule has 1 aliphatic carbocycles. The van der Waals surface area contributed by atoms with Gasteiger partial charge in [-0.3, -0.25) is 0 Å². The number of carbonyl (C=O) groups excluding carboxylic acids is 2. The van der Waals surface area contributed by atoms with Crippen molar-refractivity contribution >= 4 is 17.7 Å². The topological polar surface area (TPSA) is 103 Å². The van der Waals surface area contributed by atoms with Gasteiger partial charge in [0.05, 0.1) is 37.5 Å². The van der Waals surface area contributed by atoms with Crippen LogP contribution in [0.1, 0.15) is 56.8 Å². The molecule has 3 aliphatic heterocycles. The van der Waals surface area contributed by atoms with Crippen LogP contribution in [0.3, 0.4) is 0 Å². The molecule has 3 saturated heterocycles. The number of aromatic nitrogens is 1. The summed E-state index contributed by atoms with van der Waals surface area (Å²) in [7, 11) is 0. The van der Waals surface area contributed by atoms with Crippen molar-refractivity contribution in [3.63, 3.8) is 0 Å². The van der Waals surface area contributed by atoms with Crippen LogP contribution in [0.4, 0.5) is 10.5 Å². The summed E-state index contributed by atoms with van der Waals surface area (Å²) in [6.07, 6.45) is 5.15. The van der Waals surface area contributed by atoms with Gasteiger partial charge in [0.2, 0.25) is 5.88 Å². The van der Waals surface area contributed by atoms with Crippen molar-refractivity contribution in [2.75, 3.05) is 50.8 Å². The molecule has 1 amide bonds. The van der Waals surface area contributed by atoms with Crippen molar-refractivity contribution in [2.24, 2.45) is 0 Å². The Morgan fingerprint density at radius 2 is 1.70 bits per heavy atom. The van der Waals surface area contributed by atoms with E-state index in [1.165, 1.54) is 0 Å². The maximum atomic E-state index is 12.7. The van der Waals surface area contributed by atoms with Gasteiger partial charge in [-0.25, -0.2) is 14.6 Å². The predicted octanol–water partition coefficient (Wildman–Crippen LogP) is 4.07. The van der Waals surface area contributed by atoms with Gasteiger partial charge in [-0.1, -0.05) is 18.2 Å². The molecule has 4 fully saturated rings. The summed E-state index contributed by atoms with van der Waals surface area (Å²) in [5, 5.41) is 1.73. The number of nitrogens with zero attached hydrogens (tertiary/aromatic N) is 4. The van der Waals surface area contributed by atoms with Crippen molar-refractivity contribution < 1.29 is 33.4 Å². The average molecular weight is 595 g/mol. The Morgan fingerprint density at radius 3 is 2.37 bits per heavy atom. The molecule has 11 nitrogen and oxygen atoms in total. The molecule has 4 heterocycles. The van der Waals surface area contributed by atoms with E-state index in [0.717, 1.165) is 31.4 Å². The first kappa shape index (κ1) is 29.7. The molecule has 0 N–H and O–H groups in total. The molecule has 1 aromatic heterocycles. The van der Waals surface area contributed by atoms with Gasteiger partial charge < -0.3 is 33.6 Å². The van der Waals surface area contributed by atoms with Crippen LogP contribution in [0.25, 0.3) is 0 Å². The van der Waals surface area contributed by atoms with E-state index < -0.39 is 5.60 Å². The third-order valence-corrected chi connectivity index (χ3v) is 8.42. The zero-order chi connectivity index (χ0) is 30.0. The van der Waals surface area contributed by atoms with E-state index >= 15 is 0 Å². The van der Waals surface area contributed by atoms with E-state index in [1.807, 2.05) is 51.1 Å². The summed E-state index contributed by atoms with van der Waals surface area (Å²) >= 11 is 0. The number of anilines is 1. The van der Waals surface area contributed by atoms with Gasteiger partial charge in [0.25, 0.3) is 0 Å². The predicted molar refractivity (Wildman–Crippen MR) is 158 cm³/mol. The maximum Gasteiger partial charge on any atom is 0.410 e. The van der Waals surface area contributed by atoms with Gasteiger partial charge in [-0.15, -0.1) is 5.06 Å². The molecular weight excluding hydrogens is 552 g/mol. The summed E-state index contributed by atoms with van der Waals surface area (Å²) in [4.78, 5) is 39.2. The smallest absolute Gasteiger partial charge is 0.410 e. The molecule has 0 radical (unpaired) electrons. The monoisotopic (exact) mass is 594 g/mol. The summed E-state index contributed by atoms with van der Waals surface area (Å²) in [6.45, 7) is 9.88. The minimum absolute atomic E-state index is 0.0599. The van der Waals surface area contributed by atoms with Crippen molar-refractivity contribution in [1.82, 2.24) is 14.9 Å². The van der Waals surface area contributed by atoms with Gasteiger partial charge in [-0.05, 0) is 51.8 Å². The standard InChI is InChI=1S/C32H42N4O7/c1-31(2,3)42-30(38)34-15-16-36(32(20-34)21-39-22-32)24-9-12-33-28(17-24)41-27-18-26(19-27)40-25-10-13-35(14-11-25)43-29(37)23-7-5-4-6-8-23/h4-9,12,17,25-27H,10-11,13-16,18-22H2,1-3H3/t26-,27-. The largest absolute Gasteiger partial charge is 0.474 e. The van der Waals surface area contributed by atoms with Gasteiger partial charge in [0.15, 0.2) is 0 Å². The molecule has 232 valence electrons. The molecule has 11 heteroatoms. The van der Waals surface area contributed by atoms with Gasteiger partial charge in [0.1, 0.15) is 17.2 Å². The molecular formula is C32H42N4O7. The van der Waals surface area contributed by atoms with E-state index in [4.69, 9.17) is 23.8 Å². The van der Waals surface area contributed by atoms with Crippen LogP contribution in [0, 0.1) is 0 Å². The molecule has 1 saturated carbocycles. The van der Waals surface area contributed by atoms with Crippen LogP contribution in [-0.2, 0) is 19.0 Å². The van der Waals surface area contributed by atoms with Gasteiger partial charge >= 0.3 is 12.1 Å². The van der Waals surface area contributed by atoms with E-state index in [-0.39, 0.29) is 35.9 Å². The zero-order valence-electron chi connectivity index (χ0n) is 25.3. The second-order valence-electron chi connectivity index (χ2n) is 13.0. The minimum Gasteiger partial charge on any atom is -0.474 e. The number of hydrogen-bond donors (Lipinski definition) is 0. The number of piperazine rings is 1. The van der Waals surface area contributed by atoms with Crippen molar-refractivity contribution in [3.8, 4) is 5.88 Å². The van der Waals surface area contributed by atoms with Crippen LogP contribution >= 0.6 is 0 Å². The lowest BCUT2D eigenvalue weighted by atomic mass is 9.90. The highest BCUT2D eigenvalue weighted by atomic mass is 16.7. The number of piperidine rings is 1. The van der Waals surface area contributed by atoms with Gasteiger partial charge in [-0.2, -0.15) is 0 Å². The van der Waals surface area contributed by atoms with E-state index in [1.54, 1.807) is 28.3 Å². The number of hydrogen-bond acceptors (Lipinski definition) is 10. The Morgan fingerprint density at radius 1 is 0.953 bits per heavy atom. The molecule has 6 rings (SSSR count). The van der Waals surface area contributed by atoms with Crippen molar-refractivity contribution in [2.45, 2.75) is 75.9 Å². The first-order valence-electron chi connectivity index (χ1n) is 15.3. The van der Waals surface area contributed by atoms with Crippen LogP contribution in [0.2, 0.25) is 0 Å². The quantitative estimate of drug-likeness (QED) is 0.466. The van der Waals surface area contributed by atoms with Crippen LogP contribution in [0.5, 0.6) is 5.88 Å². The molecule has 1 aromatic carbocycles. The number of hydroxylamine groups is 2. The zero-order valence-corrected chi connectivity index (χ0v) is 25.3. The molecule has 0 bridgehead atoms. The maximum absolute atomic E-state index is 12.7. The summed E-state index contributed by atoms with van der Waals surface area (Å²) in [5.74, 6) is 0.273. The fraction of sp³-hybridized carbons (Fsp3) is 0.594. The molecule has 4 aliphatic rings. The molecule has 2 aromatic rings. The van der Waals surface area contributed by atoms with E-state index in [9.17, 15) is 9.59 Å². The Labute approximate surface area is 252 Å². The van der Waals surface area contributed by atoms with Crippen molar-refractivity contribution in [1.29, 1.82) is 0 Å². The van der Waals surface area contributed by atoms with Crippen LogP contribution in [-0.4, -0.2) is 102 Å². The number of rotatable bonds is 7. The highest BCUT2D eigenvalue weighted by molar-refractivity contribution is 5.89. The SMILES string of the molecule is CC(C)(C)OC(=O)N1CCN(c2ccnc(O[C@H]3C[C@H](OC4CCN(OC(=O)c5ccccc5)CC4)C3)c2)C2(COC2)C1. The fourth-order valence-electron chi connectivity index (χ4n) is 6.05. The Kier molecular flexibility index (Phi) is 8.48. The number of pyridine rings is 1. The van der Waals surface area contributed by atoms with E-state index in [2.05, 4.69) is 9.88 Å². The summed E-state index contributed by atoms with van der Waals surface area (Å²) < 4.78 is 23.8. The normalized spacial score (nSPS) is 24.2. The van der Waals surface area contributed by atoms with E-state index in [0.29, 0.717) is 57.4 Å². The van der Waals surface area contributed by atoms with Crippen LogP contribution < -0.4 is 9.64 Å². The highest BCUT2D eigenvalue weighted by Crippen LogP contribution is 2.36. The minimum atomic E-state index is -0.531. The second-order valence-corrected chi connectivity index (χ2v) is 13.0. The number of carbonyl (C=O) groups is 2. The third-order valence-electron chi connectivity index (χ3n) is 8.42. The first-order valence-corrected chi connectivity index (χ1v) is 15.3. The first-order chi connectivity index (χ1) is 20.7. The third kappa shape index (κ3) is 7.05. The Hall–Kier alpha value is -3.41. The number of ether oxygens (including phenoxy) is 4. The van der Waals surface area contributed by atoms with Crippen molar-refractivity contribution in [3.05, 3.63) is 54.2 Å². The lowest BCUT2D eigenvalue weighted by Crippen LogP contribution is -2.72. The Bertz CT molecular complexity index is 1270. The number of benzene rings is 1. The van der Waals surface area contributed by atoms with Crippen LogP contribution in [0.15, 0.2) is 48.7 Å². The molecule has 43 heavy (non-hydrogen) atoms. The summed E-state index contributed by atoms with van der Waals surface area (Å²) in [6, 6.07) is 13.0. The summed E-state index contributed by atoms with van der Waals surface area (Å²) in [5.41, 5.74) is 0.762. The molecule has 0 unspecified atom stereocenters. The molecule has 1 spiro atoms. The highest BCUT2D eigenvalue weighted by Gasteiger charge is 2.49. The number of amides is 1. The van der Waals surface area contributed by atoms with Gasteiger partial charge in [0, 0.05) is 57.0 Å². The second kappa shape index (κ2) is 12.3. The lowest BCUT2D eigenvalue weighted by molar-refractivity contribution is -0.161. The fourth-order valence-corrected chi connectivity index (χ4v) is 6.05. The Balaban J connectivity index is 0.948. The average Bonchev–Trinajstić information content (AvgIpc) is 2.95. The lowest BCUT2D eigenvalue weighted by Gasteiger charge is -2.55. The molecule has 0 atom stereocenters.